The van der Waals surface area contributed by atoms with Gasteiger partial charge in [0, 0.05) is 42.8 Å². The molecule has 0 atom stereocenters. The molecule has 1 aliphatic heterocycles. The molecule has 0 spiro atoms. The van der Waals surface area contributed by atoms with Gasteiger partial charge in [-0.3, -0.25) is 14.5 Å². The van der Waals surface area contributed by atoms with Crippen molar-refractivity contribution in [1.29, 1.82) is 0 Å². The van der Waals surface area contributed by atoms with Crippen LogP contribution >= 0.6 is 0 Å². The van der Waals surface area contributed by atoms with Gasteiger partial charge in [0.05, 0.1) is 13.2 Å². The van der Waals surface area contributed by atoms with Crippen LogP contribution in [0.15, 0.2) is 46.9 Å². The molecule has 0 radical (unpaired) electrons. The van der Waals surface area contributed by atoms with Gasteiger partial charge in [0.2, 0.25) is 5.91 Å². The van der Waals surface area contributed by atoms with Gasteiger partial charge in [0.25, 0.3) is 5.91 Å². The summed E-state index contributed by atoms with van der Waals surface area (Å²) in [6.07, 6.45) is 0. The second kappa shape index (κ2) is 9.40. The summed E-state index contributed by atoms with van der Waals surface area (Å²) in [7, 11) is 0. The molecule has 1 aromatic heterocycles. The number of ether oxygens (including phenoxy) is 1. The Morgan fingerprint density at radius 3 is 2.62 bits per heavy atom. The number of fused-ring (bicyclic) bond motifs is 1. The molecule has 1 saturated heterocycles. The number of hydrogen-bond donors (Lipinski definition) is 1. The molecular formula is C24H26FN3O4. The van der Waals surface area contributed by atoms with Gasteiger partial charge in [-0.2, -0.15) is 0 Å². The molecule has 4 rings (SSSR count). The first kappa shape index (κ1) is 21.8. The Bertz CT molecular complexity index is 1140. The molecule has 3 aromatic rings. The zero-order valence-corrected chi connectivity index (χ0v) is 18.2. The van der Waals surface area contributed by atoms with Gasteiger partial charge in [-0.15, -0.1) is 0 Å². The number of hydrogen-bond acceptors (Lipinski definition) is 5. The van der Waals surface area contributed by atoms with Crippen LogP contribution in [0.4, 0.5) is 10.1 Å². The van der Waals surface area contributed by atoms with Gasteiger partial charge in [-0.05, 0) is 50.2 Å². The maximum atomic E-state index is 13.3. The molecule has 8 heteroatoms. The first-order chi connectivity index (χ1) is 15.4. The van der Waals surface area contributed by atoms with Crippen LogP contribution in [0.25, 0.3) is 11.0 Å². The molecule has 168 valence electrons. The Morgan fingerprint density at radius 2 is 1.91 bits per heavy atom. The van der Waals surface area contributed by atoms with Crippen molar-refractivity contribution in [3.63, 3.8) is 0 Å². The number of nitrogens with zero attached hydrogens (tertiary/aromatic N) is 2. The number of rotatable bonds is 6. The van der Waals surface area contributed by atoms with Gasteiger partial charge in [0.1, 0.15) is 17.1 Å². The smallest absolute Gasteiger partial charge is 0.289 e. The van der Waals surface area contributed by atoms with E-state index in [9.17, 15) is 14.0 Å². The Labute approximate surface area is 185 Å². The van der Waals surface area contributed by atoms with Crippen LogP contribution in [0, 0.1) is 12.7 Å². The lowest BCUT2D eigenvalue weighted by atomic mass is 10.1. The molecule has 2 aromatic carbocycles. The molecule has 0 aliphatic carbocycles. The minimum atomic E-state index is -0.398. The summed E-state index contributed by atoms with van der Waals surface area (Å²) in [4.78, 5) is 29.1. The van der Waals surface area contributed by atoms with Crippen LogP contribution in [0.1, 0.15) is 23.0 Å². The molecule has 1 fully saturated rings. The van der Waals surface area contributed by atoms with E-state index >= 15 is 0 Å². The van der Waals surface area contributed by atoms with E-state index < -0.39 is 5.82 Å². The molecule has 1 aliphatic rings. The second-order valence-corrected chi connectivity index (χ2v) is 7.77. The van der Waals surface area contributed by atoms with Crippen LogP contribution in [0.5, 0.6) is 5.75 Å². The zero-order chi connectivity index (χ0) is 22.7. The lowest BCUT2D eigenvalue weighted by Gasteiger charge is -2.33. The molecule has 0 bridgehead atoms. The third kappa shape index (κ3) is 4.75. The van der Waals surface area contributed by atoms with E-state index in [4.69, 9.17) is 9.15 Å². The van der Waals surface area contributed by atoms with Crippen molar-refractivity contribution < 1.29 is 23.1 Å². The van der Waals surface area contributed by atoms with Crippen LogP contribution in [-0.4, -0.2) is 60.9 Å². The minimum Gasteiger partial charge on any atom is -0.494 e. The van der Waals surface area contributed by atoms with Crippen molar-refractivity contribution in [1.82, 2.24) is 9.80 Å². The number of carbonyl (C=O) groups is 2. The summed E-state index contributed by atoms with van der Waals surface area (Å²) < 4.78 is 24.7. The minimum absolute atomic E-state index is 0.152. The van der Waals surface area contributed by atoms with Gasteiger partial charge in [-0.1, -0.05) is 6.07 Å². The molecule has 1 N–H and O–H groups in total. The fourth-order valence-electron chi connectivity index (χ4n) is 3.88. The lowest BCUT2D eigenvalue weighted by molar-refractivity contribution is -0.117. The first-order valence-electron chi connectivity index (χ1n) is 10.7. The van der Waals surface area contributed by atoms with Crippen LogP contribution in [0.2, 0.25) is 0 Å². The van der Waals surface area contributed by atoms with Gasteiger partial charge < -0.3 is 19.4 Å². The highest BCUT2D eigenvalue weighted by molar-refractivity contribution is 5.99. The summed E-state index contributed by atoms with van der Waals surface area (Å²) in [6.45, 7) is 6.67. The Hall–Kier alpha value is -3.39. The van der Waals surface area contributed by atoms with Crippen molar-refractivity contribution in [2.75, 3.05) is 44.6 Å². The van der Waals surface area contributed by atoms with E-state index in [1.807, 2.05) is 36.9 Å². The van der Waals surface area contributed by atoms with E-state index in [0.29, 0.717) is 49.8 Å². The molecule has 2 amide bonds. The van der Waals surface area contributed by atoms with Crippen molar-refractivity contribution in [3.8, 4) is 5.75 Å². The zero-order valence-electron chi connectivity index (χ0n) is 18.2. The van der Waals surface area contributed by atoms with Crippen LogP contribution in [0.3, 0.4) is 0 Å². The van der Waals surface area contributed by atoms with E-state index in [-0.39, 0.29) is 18.4 Å². The summed E-state index contributed by atoms with van der Waals surface area (Å²) in [5, 5.41) is 3.57. The number of carbonyl (C=O) groups excluding carboxylic acids is 2. The second-order valence-electron chi connectivity index (χ2n) is 7.77. The Morgan fingerprint density at radius 1 is 1.12 bits per heavy atom. The average molecular weight is 439 g/mol. The number of amides is 2. The number of nitrogens with one attached hydrogen (secondary N) is 1. The fourth-order valence-corrected chi connectivity index (χ4v) is 3.88. The van der Waals surface area contributed by atoms with Crippen LogP contribution < -0.4 is 10.1 Å². The van der Waals surface area contributed by atoms with Crippen molar-refractivity contribution in [2.45, 2.75) is 13.8 Å². The fraction of sp³-hybridized carbons (Fsp3) is 0.333. The summed E-state index contributed by atoms with van der Waals surface area (Å²) in [5.41, 5.74) is 1.88. The Kier molecular flexibility index (Phi) is 6.41. The molecule has 2 heterocycles. The van der Waals surface area contributed by atoms with Crippen LogP contribution in [-0.2, 0) is 4.79 Å². The number of halogens is 1. The molecule has 0 unspecified atom stereocenters. The van der Waals surface area contributed by atoms with E-state index in [2.05, 4.69) is 5.32 Å². The highest BCUT2D eigenvalue weighted by atomic mass is 19.1. The summed E-state index contributed by atoms with van der Waals surface area (Å²) in [5.74, 6) is 0.318. The number of furan rings is 1. The van der Waals surface area contributed by atoms with Gasteiger partial charge in [0.15, 0.2) is 5.76 Å². The first-order valence-corrected chi connectivity index (χ1v) is 10.7. The standard InChI is InChI=1S/C24H26FN3O4/c1-3-31-19-7-8-21-20(14-19)16(2)23(32-21)24(30)28-11-9-27(10-12-28)15-22(29)26-18-6-4-5-17(25)13-18/h4-8,13-14H,3,9-12,15H2,1-2H3,(H,26,29). The SMILES string of the molecule is CCOc1ccc2oc(C(=O)N3CCN(CC(=O)Nc4cccc(F)c4)CC3)c(C)c2c1. The third-order valence-corrected chi connectivity index (χ3v) is 5.55. The summed E-state index contributed by atoms with van der Waals surface area (Å²) in [6, 6.07) is 11.3. The van der Waals surface area contributed by atoms with Crippen molar-refractivity contribution in [3.05, 3.63) is 59.6 Å². The monoisotopic (exact) mass is 439 g/mol. The number of aryl methyl sites for hydroxylation is 1. The molecule has 7 nitrogen and oxygen atoms in total. The third-order valence-electron chi connectivity index (χ3n) is 5.55. The van der Waals surface area contributed by atoms with Gasteiger partial charge >= 0.3 is 0 Å². The predicted octanol–water partition coefficient (Wildman–Crippen LogP) is 3.68. The largest absolute Gasteiger partial charge is 0.494 e. The lowest BCUT2D eigenvalue weighted by Crippen LogP contribution is -2.50. The molecule has 32 heavy (non-hydrogen) atoms. The van der Waals surface area contributed by atoms with E-state index in [1.165, 1.54) is 12.1 Å². The van der Waals surface area contributed by atoms with Crippen molar-refractivity contribution in [2.24, 2.45) is 0 Å². The van der Waals surface area contributed by atoms with Gasteiger partial charge in [-0.25, -0.2) is 4.39 Å². The number of anilines is 1. The highest BCUT2D eigenvalue weighted by Crippen LogP contribution is 2.30. The molecular weight excluding hydrogens is 413 g/mol. The van der Waals surface area contributed by atoms with E-state index in [0.717, 1.165) is 16.7 Å². The Balaban J connectivity index is 1.35. The van der Waals surface area contributed by atoms with Crippen molar-refractivity contribution >= 4 is 28.5 Å². The number of piperazine rings is 1. The maximum Gasteiger partial charge on any atom is 0.289 e. The quantitative estimate of drug-likeness (QED) is 0.634. The highest BCUT2D eigenvalue weighted by Gasteiger charge is 2.27. The maximum absolute atomic E-state index is 13.3. The number of benzene rings is 2. The van der Waals surface area contributed by atoms with E-state index in [1.54, 1.807) is 17.0 Å². The molecule has 0 saturated carbocycles. The predicted molar refractivity (Wildman–Crippen MR) is 119 cm³/mol. The topological polar surface area (TPSA) is 75.0 Å². The summed E-state index contributed by atoms with van der Waals surface area (Å²) >= 11 is 0. The average Bonchev–Trinajstić information content (AvgIpc) is 3.10. The normalized spacial score (nSPS) is 14.5.